The summed E-state index contributed by atoms with van der Waals surface area (Å²) in [5.74, 6) is -0.130. The zero-order valence-corrected chi connectivity index (χ0v) is 19.5. The van der Waals surface area contributed by atoms with E-state index in [2.05, 4.69) is 15.1 Å². The van der Waals surface area contributed by atoms with Gasteiger partial charge in [-0.25, -0.2) is 0 Å². The highest BCUT2D eigenvalue weighted by Gasteiger charge is 2.32. The van der Waals surface area contributed by atoms with Crippen molar-refractivity contribution in [3.05, 3.63) is 69.8 Å². The first kappa shape index (κ1) is 23.8. The van der Waals surface area contributed by atoms with Gasteiger partial charge in [0.05, 0.1) is 11.5 Å². The lowest BCUT2D eigenvalue weighted by molar-refractivity contribution is -0.384. The molecule has 0 radical (unpaired) electrons. The maximum Gasteiger partial charge on any atom is 0.293 e. The van der Waals surface area contributed by atoms with Gasteiger partial charge in [-0.15, -0.1) is 0 Å². The molecule has 2 fully saturated rings. The monoisotopic (exact) mass is 465 g/mol. The summed E-state index contributed by atoms with van der Waals surface area (Å²) in [4.78, 5) is 43.2. The predicted octanol–water partition coefficient (Wildman–Crippen LogP) is 2.82. The SMILES string of the molecule is Cc1ccc(NC(=O)C(c2ccccc2)N2CCN(CC(=O)N3CCCC3)CC2)c([N+](=O)[O-])c1. The number of hydrogen-bond donors (Lipinski definition) is 1. The van der Waals surface area contributed by atoms with Crippen molar-refractivity contribution in [3.63, 3.8) is 0 Å². The number of nitrogens with zero attached hydrogens (tertiary/aromatic N) is 4. The second-order valence-electron chi connectivity index (χ2n) is 8.98. The highest BCUT2D eigenvalue weighted by Crippen LogP contribution is 2.29. The number of carbonyl (C=O) groups excluding carboxylic acids is 2. The standard InChI is InChI=1S/C25H31N5O4/c1-19-9-10-21(22(17-19)30(33)34)26-25(32)24(20-7-3-2-4-8-20)29-15-13-27(14-16-29)18-23(31)28-11-5-6-12-28/h2-4,7-10,17,24H,5-6,11-16,18H2,1H3,(H,26,32). The maximum absolute atomic E-state index is 13.5. The smallest absolute Gasteiger partial charge is 0.293 e. The summed E-state index contributed by atoms with van der Waals surface area (Å²) in [6, 6.07) is 13.7. The number of nitro benzene ring substituents is 1. The zero-order valence-electron chi connectivity index (χ0n) is 19.5. The second-order valence-corrected chi connectivity index (χ2v) is 8.98. The minimum absolute atomic E-state index is 0.120. The van der Waals surface area contributed by atoms with Gasteiger partial charge in [-0.3, -0.25) is 29.5 Å². The van der Waals surface area contributed by atoms with Crippen LogP contribution in [-0.2, 0) is 9.59 Å². The van der Waals surface area contributed by atoms with E-state index in [-0.39, 0.29) is 23.2 Å². The largest absolute Gasteiger partial charge is 0.342 e. The Labute approximate surface area is 199 Å². The lowest BCUT2D eigenvalue weighted by atomic mass is 10.0. The average Bonchev–Trinajstić information content (AvgIpc) is 3.37. The molecule has 9 heteroatoms. The second kappa shape index (κ2) is 10.8. The fraction of sp³-hybridized carbons (Fsp3) is 0.440. The van der Waals surface area contributed by atoms with Gasteiger partial charge in [0.2, 0.25) is 11.8 Å². The molecule has 9 nitrogen and oxygen atoms in total. The fourth-order valence-corrected chi connectivity index (χ4v) is 4.70. The summed E-state index contributed by atoms with van der Waals surface area (Å²) in [7, 11) is 0. The molecule has 0 bridgehead atoms. The first-order chi connectivity index (χ1) is 16.4. The molecule has 4 rings (SSSR count). The highest BCUT2D eigenvalue weighted by molar-refractivity contribution is 5.97. The van der Waals surface area contributed by atoms with E-state index in [0.717, 1.165) is 37.1 Å². The minimum Gasteiger partial charge on any atom is -0.342 e. The van der Waals surface area contributed by atoms with Crippen molar-refractivity contribution in [2.75, 3.05) is 51.1 Å². The third kappa shape index (κ3) is 5.60. The molecule has 2 aliphatic heterocycles. The highest BCUT2D eigenvalue weighted by atomic mass is 16.6. The van der Waals surface area contributed by atoms with Gasteiger partial charge in [-0.2, -0.15) is 0 Å². The van der Waals surface area contributed by atoms with Gasteiger partial charge >= 0.3 is 0 Å². The fourth-order valence-electron chi connectivity index (χ4n) is 4.70. The molecule has 34 heavy (non-hydrogen) atoms. The molecule has 2 aromatic carbocycles. The molecule has 2 aliphatic rings. The van der Waals surface area contributed by atoms with Crippen LogP contribution in [0.2, 0.25) is 0 Å². The third-order valence-electron chi connectivity index (χ3n) is 6.56. The van der Waals surface area contributed by atoms with Gasteiger partial charge in [0.25, 0.3) is 5.69 Å². The van der Waals surface area contributed by atoms with Crippen molar-refractivity contribution in [2.45, 2.75) is 25.8 Å². The molecular formula is C25H31N5O4. The Hall–Kier alpha value is -3.30. The minimum atomic E-state index is -0.585. The summed E-state index contributed by atoms with van der Waals surface area (Å²) < 4.78 is 0. The molecule has 2 saturated heterocycles. The van der Waals surface area contributed by atoms with E-state index >= 15 is 0 Å². The van der Waals surface area contributed by atoms with E-state index in [1.807, 2.05) is 35.2 Å². The number of piperazine rings is 1. The molecule has 2 heterocycles. The Kier molecular flexibility index (Phi) is 7.54. The van der Waals surface area contributed by atoms with Crippen molar-refractivity contribution >= 4 is 23.2 Å². The predicted molar refractivity (Wildman–Crippen MR) is 129 cm³/mol. The first-order valence-electron chi connectivity index (χ1n) is 11.8. The Bertz CT molecular complexity index is 1030. The van der Waals surface area contributed by atoms with Crippen molar-refractivity contribution in [3.8, 4) is 0 Å². The number of amides is 2. The van der Waals surface area contributed by atoms with Gasteiger partial charge in [0.1, 0.15) is 11.7 Å². The number of aryl methyl sites for hydroxylation is 1. The van der Waals surface area contributed by atoms with Crippen molar-refractivity contribution < 1.29 is 14.5 Å². The van der Waals surface area contributed by atoms with E-state index in [1.54, 1.807) is 19.1 Å². The summed E-state index contributed by atoms with van der Waals surface area (Å²) >= 11 is 0. The topological polar surface area (TPSA) is 99.0 Å². The lowest BCUT2D eigenvalue weighted by Crippen LogP contribution is -2.52. The Balaban J connectivity index is 1.47. The molecule has 0 aliphatic carbocycles. The van der Waals surface area contributed by atoms with Gasteiger partial charge < -0.3 is 10.2 Å². The number of hydrogen-bond acceptors (Lipinski definition) is 6. The number of carbonyl (C=O) groups is 2. The van der Waals surface area contributed by atoms with Crippen LogP contribution < -0.4 is 5.32 Å². The molecule has 0 saturated carbocycles. The van der Waals surface area contributed by atoms with Crippen LogP contribution in [0.1, 0.15) is 30.0 Å². The van der Waals surface area contributed by atoms with Crippen molar-refractivity contribution in [1.29, 1.82) is 0 Å². The quantitative estimate of drug-likeness (QED) is 0.499. The van der Waals surface area contributed by atoms with Crippen LogP contribution in [0.4, 0.5) is 11.4 Å². The maximum atomic E-state index is 13.5. The van der Waals surface area contributed by atoms with Crippen molar-refractivity contribution in [2.24, 2.45) is 0 Å². The molecule has 0 aromatic heterocycles. The normalized spacial score (nSPS) is 18.0. The van der Waals surface area contributed by atoms with Crippen LogP contribution in [0.3, 0.4) is 0 Å². The van der Waals surface area contributed by atoms with Gasteiger partial charge in [0, 0.05) is 45.3 Å². The van der Waals surface area contributed by atoms with Crippen LogP contribution in [0, 0.1) is 17.0 Å². The summed E-state index contributed by atoms with van der Waals surface area (Å²) in [5, 5.41) is 14.3. The molecule has 2 amide bonds. The Morgan fingerprint density at radius 1 is 1.00 bits per heavy atom. The van der Waals surface area contributed by atoms with Crippen LogP contribution in [0.25, 0.3) is 0 Å². The molecule has 1 unspecified atom stereocenters. The van der Waals surface area contributed by atoms with Crippen molar-refractivity contribution in [1.82, 2.24) is 14.7 Å². The number of nitro groups is 1. The zero-order chi connectivity index (χ0) is 24.1. The number of nitrogens with one attached hydrogen (secondary N) is 1. The number of anilines is 1. The van der Waals surface area contributed by atoms with Gasteiger partial charge in [-0.1, -0.05) is 36.4 Å². The van der Waals surface area contributed by atoms with Crippen LogP contribution in [0.5, 0.6) is 0 Å². The Morgan fingerprint density at radius 3 is 2.32 bits per heavy atom. The molecular weight excluding hydrogens is 434 g/mol. The summed E-state index contributed by atoms with van der Waals surface area (Å²) in [5.41, 5.74) is 1.65. The molecule has 0 spiro atoms. The lowest BCUT2D eigenvalue weighted by Gasteiger charge is -2.38. The summed E-state index contributed by atoms with van der Waals surface area (Å²) in [6.07, 6.45) is 2.15. The summed E-state index contributed by atoms with van der Waals surface area (Å²) in [6.45, 7) is 6.49. The van der Waals surface area contributed by atoms with E-state index < -0.39 is 11.0 Å². The first-order valence-corrected chi connectivity index (χ1v) is 11.8. The van der Waals surface area contributed by atoms with E-state index in [9.17, 15) is 19.7 Å². The van der Waals surface area contributed by atoms with Crippen LogP contribution in [0.15, 0.2) is 48.5 Å². The number of benzene rings is 2. The van der Waals surface area contributed by atoms with Gasteiger partial charge in [-0.05, 0) is 37.0 Å². The average molecular weight is 466 g/mol. The Morgan fingerprint density at radius 2 is 1.68 bits per heavy atom. The van der Waals surface area contributed by atoms with E-state index in [4.69, 9.17) is 0 Å². The van der Waals surface area contributed by atoms with Crippen LogP contribution >= 0.6 is 0 Å². The van der Waals surface area contributed by atoms with Crippen LogP contribution in [-0.4, -0.2) is 77.3 Å². The van der Waals surface area contributed by atoms with E-state index in [1.165, 1.54) is 6.07 Å². The third-order valence-corrected chi connectivity index (χ3v) is 6.56. The molecule has 1 N–H and O–H groups in total. The number of rotatable bonds is 7. The molecule has 1 atom stereocenters. The molecule has 180 valence electrons. The number of likely N-dealkylation sites (tertiary alicyclic amines) is 1. The van der Waals surface area contributed by atoms with E-state index in [0.29, 0.717) is 32.7 Å². The molecule has 2 aromatic rings. The van der Waals surface area contributed by atoms with Gasteiger partial charge in [0.15, 0.2) is 0 Å².